The monoisotopic (exact) mass is 386 g/mol. The van der Waals surface area contributed by atoms with Gasteiger partial charge < -0.3 is 10.1 Å². The normalized spacial score (nSPS) is 20.4. The molecule has 4 nitrogen and oxygen atoms in total. The third-order valence-electron chi connectivity index (χ3n) is 4.64. The molecule has 2 atom stereocenters. The van der Waals surface area contributed by atoms with Crippen molar-refractivity contribution in [3.63, 3.8) is 0 Å². The molecule has 0 aromatic heterocycles. The van der Waals surface area contributed by atoms with E-state index in [0.717, 1.165) is 24.7 Å². The number of hydrogen-bond acceptors (Lipinski definition) is 3. The molecular weight excluding hydrogens is 360 g/mol. The lowest BCUT2D eigenvalue weighted by molar-refractivity contribution is 0.0502. The Morgan fingerprint density at radius 3 is 2.41 bits per heavy atom. The largest absolute Gasteiger partial charge is 0.444 e. The Balaban J connectivity index is 1.74. The van der Waals surface area contributed by atoms with E-state index in [1.165, 1.54) is 11.1 Å². The van der Waals surface area contributed by atoms with Crippen molar-refractivity contribution in [3.05, 3.63) is 70.7 Å². The number of amides is 1. The summed E-state index contributed by atoms with van der Waals surface area (Å²) in [6, 6.07) is 18.3. The molecule has 3 rings (SSSR count). The maximum absolute atomic E-state index is 12.3. The van der Waals surface area contributed by atoms with Gasteiger partial charge in [0.25, 0.3) is 0 Å². The number of nitrogens with one attached hydrogen (secondary N) is 1. The zero-order valence-electron chi connectivity index (χ0n) is 16.1. The second-order valence-electron chi connectivity index (χ2n) is 8.09. The average Bonchev–Trinajstić information content (AvgIpc) is 2.97. The predicted molar refractivity (Wildman–Crippen MR) is 109 cm³/mol. The van der Waals surface area contributed by atoms with E-state index in [1.54, 1.807) is 0 Å². The van der Waals surface area contributed by atoms with Crippen molar-refractivity contribution in [3.8, 4) is 0 Å². The van der Waals surface area contributed by atoms with Crippen LogP contribution < -0.4 is 5.32 Å². The van der Waals surface area contributed by atoms with E-state index in [4.69, 9.17) is 16.3 Å². The fourth-order valence-electron chi connectivity index (χ4n) is 3.51. The summed E-state index contributed by atoms with van der Waals surface area (Å²) in [5, 5.41) is 3.80. The molecule has 0 bridgehead atoms. The van der Waals surface area contributed by atoms with Gasteiger partial charge >= 0.3 is 6.09 Å². The number of rotatable bonds is 4. The molecule has 2 aromatic carbocycles. The fourth-order valence-corrected chi connectivity index (χ4v) is 3.63. The van der Waals surface area contributed by atoms with Gasteiger partial charge in [0.2, 0.25) is 0 Å². The third-order valence-corrected chi connectivity index (χ3v) is 4.90. The average molecular weight is 387 g/mol. The number of benzene rings is 2. The lowest BCUT2D eigenvalue weighted by Gasteiger charge is -2.24. The van der Waals surface area contributed by atoms with Crippen LogP contribution in [-0.4, -0.2) is 35.7 Å². The van der Waals surface area contributed by atoms with Gasteiger partial charge in [0.05, 0.1) is 6.04 Å². The van der Waals surface area contributed by atoms with Gasteiger partial charge in [0, 0.05) is 30.6 Å². The van der Waals surface area contributed by atoms with E-state index < -0.39 is 5.60 Å². The summed E-state index contributed by atoms with van der Waals surface area (Å²) in [5.74, 6) is 0.193. The number of alkyl carbamates (subject to hydrolysis) is 1. The molecule has 0 radical (unpaired) electrons. The number of halogens is 1. The Morgan fingerprint density at radius 1 is 1.11 bits per heavy atom. The summed E-state index contributed by atoms with van der Waals surface area (Å²) >= 11 is 6.05. The zero-order chi connectivity index (χ0) is 19.4. The van der Waals surface area contributed by atoms with Gasteiger partial charge in [-0.1, -0.05) is 54.1 Å². The van der Waals surface area contributed by atoms with Gasteiger partial charge in [0.15, 0.2) is 0 Å². The van der Waals surface area contributed by atoms with Crippen molar-refractivity contribution >= 4 is 17.7 Å². The summed E-state index contributed by atoms with van der Waals surface area (Å²) in [6.07, 6.45) is -0.368. The minimum absolute atomic E-state index is 0.00950. The van der Waals surface area contributed by atoms with Gasteiger partial charge in [-0.25, -0.2) is 4.79 Å². The van der Waals surface area contributed by atoms with Gasteiger partial charge in [-0.05, 0) is 44.0 Å². The van der Waals surface area contributed by atoms with Crippen molar-refractivity contribution < 1.29 is 9.53 Å². The molecule has 0 aliphatic carbocycles. The summed E-state index contributed by atoms with van der Waals surface area (Å²) in [5.41, 5.74) is 1.93. The maximum Gasteiger partial charge on any atom is 0.407 e. The van der Waals surface area contributed by atoms with Crippen LogP contribution in [0.25, 0.3) is 0 Å². The highest BCUT2D eigenvalue weighted by Crippen LogP contribution is 2.30. The van der Waals surface area contributed by atoms with Crippen LogP contribution in [0.15, 0.2) is 54.6 Å². The lowest BCUT2D eigenvalue weighted by atomic mass is 9.94. The minimum Gasteiger partial charge on any atom is -0.444 e. The first-order valence-electron chi connectivity index (χ1n) is 9.31. The van der Waals surface area contributed by atoms with E-state index in [-0.39, 0.29) is 18.1 Å². The highest BCUT2D eigenvalue weighted by Gasteiger charge is 2.35. The van der Waals surface area contributed by atoms with Gasteiger partial charge in [0.1, 0.15) is 5.60 Å². The van der Waals surface area contributed by atoms with Gasteiger partial charge in [-0.3, -0.25) is 4.90 Å². The first kappa shape index (κ1) is 19.7. The van der Waals surface area contributed by atoms with Crippen LogP contribution in [0.4, 0.5) is 4.79 Å². The van der Waals surface area contributed by atoms with Crippen LogP contribution in [0.5, 0.6) is 0 Å². The minimum atomic E-state index is -0.512. The molecule has 1 heterocycles. The number of hydrogen-bond donors (Lipinski definition) is 1. The van der Waals surface area contributed by atoms with Crippen LogP contribution in [0.1, 0.15) is 37.8 Å². The number of nitrogens with zero attached hydrogens (tertiary/aromatic N) is 1. The summed E-state index contributed by atoms with van der Waals surface area (Å²) in [6.45, 7) is 8.13. The van der Waals surface area contributed by atoms with Crippen LogP contribution in [0.3, 0.4) is 0 Å². The van der Waals surface area contributed by atoms with Gasteiger partial charge in [-0.2, -0.15) is 0 Å². The van der Waals surface area contributed by atoms with Crippen LogP contribution in [0, 0.1) is 0 Å². The fraction of sp³-hybridized carbons (Fsp3) is 0.409. The Hall–Kier alpha value is -2.04. The van der Waals surface area contributed by atoms with Crippen LogP contribution in [-0.2, 0) is 11.3 Å². The molecule has 1 aliphatic heterocycles. The second kappa shape index (κ2) is 8.32. The van der Waals surface area contributed by atoms with E-state index in [1.807, 2.05) is 51.1 Å². The topological polar surface area (TPSA) is 41.6 Å². The maximum atomic E-state index is 12.3. The number of likely N-dealkylation sites (tertiary alicyclic amines) is 1. The molecule has 2 aromatic rings. The number of carbonyl (C=O) groups is 1. The van der Waals surface area contributed by atoms with Crippen LogP contribution in [0.2, 0.25) is 5.02 Å². The van der Waals surface area contributed by atoms with Crippen molar-refractivity contribution in [2.75, 3.05) is 13.1 Å². The van der Waals surface area contributed by atoms with E-state index in [9.17, 15) is 4.79 Å². The summed E-state index contributed by atoms with van der Waals surface area (Å²) < 4.78 is 5.47. The first-order valence-corrected chi connectivity index (χ1v) is 9.69. The molecular formula is C22H27ClN2O2. The number of ether oxygens (including phenoxy) is 1. The second-order valence-corrected chi connectivity index (χ2v) is 8.53. The molecule has 0 spiro atoms. The smallest absolute Gasteiger partial charge is 0.407 e. The molecule has 1 fully saturated rings. The Morgan fingerprint density at radius 2 is 1.78 bits per heavy atom. The van der Waals surface area contributed by atoms with E-state index >= 15 is 0 Å². The molecule has 5 heteroatoms. The van der Waals surface area contributed by atoms with Gasteiger partial charge in [-0.15, -0.1) is 0 Å². The molecule has 0 saturated carbocycles. The van der Waals surface area contributed by atoms with Crippen molar-refractivity contribution in [1.29, 1.82) is 0 Å². The molecule has 1 saturated heterocycles. The number of carbonyl (C=O) groups excluding carboxylic acids is 1. The van der Waals surface area contributed by atoms with Crippen LogP contribution >= 0.6 is 11.6 Å². The van der Waals surface area contributed by atoms with E-state index in [2.05, 4.69) is 34.5 Å². The van der Waals surface area contributed by atoms with Crippen molar-refractivity contribution in [2.45, 2.75) is 44.9 Å². The molecule has 1 aliphatic rings. The molecule has 27 heavy (non-hydrogen) atoms. The molecule has 1 amide bonds. The molecule has 0 unspecified atom stereocenters. The quantitative estimate of drug-likeness (QED) is 0.818. The first-order chi connectivity index (χ1) is 12.8. The standard InChI is InChI=1S/C22H27ClN2O2/c1-22(2,3)27-21(26)24-20-15-25(13-16-7-5-4-6-8-16)14-19(20)17-9-11-18(23)12-10-17/h4-12,19-20H,13-15H2,1-3H3,(H,24,26)/t19-,20-/m1/s1. The molecule has 1 N–H and O–H groups in total. The lowest BCUT2D eigenvalue weighted by Crippen LogP contribution is -2.42. The third kappa shape index (κ3) is 5.72. The highest BCUT2D eigenvalue weighted by atomic mass is 35.5. The summed E-state index contributed by atoms with van der Waals surface area (Å²) in [4.78, 5) is 14.7. The Bertz CT molecular complexity index is 756. The Labute approximate surface area is 166 Å². The van der Waals surface area contributed by atoms with Crippen molar-refractivity contribution in [2.24, 2.45) is 0 Å². The Kier molecular flexibility index (Phi) is 6.08. The molecule has 144 valence electrons. The highest BCUT2D eigenvalue weighted by molar-refractivity contribution is 6.30. The SMILES string of the molecule is CC(C)(C)OC(=O)N[C@@H]1CN(Cc2ccccc2)C[C@@H]1c1ccc(Cl)cc1. The zero-order valence-corrected chi connectivity index (χ0v) is 16.9. The van der Waals surface area contributed by atoms with E-state index in [0.29, 0.717) is 0 Å². The van der Waals surface area contributed by atoms with Crippen molar-refractivity contribution in [1.82, 2.24) is 10.2 Å². The predicted octanol–water partition coefficient (Wildman–Crippen LogP) is 4.83. The summed E-state index contributed by atoms with van der Waals surface area (Å²) in [7, 11) is 0.